The fraction of sp³-hybridized carbons (Fsp3) is 0.591. The van der Waals surface area contributed by atoms with E-state index in [9.17, 15) is 9.59 Å². The Kier molecular flexibility index (Phi) is 5.43. The summed E-state index contributed by atoms with van der Waals surface area (Å²) in [5.41, 5.74) is 2.21. The highest BCUT2D eigenvalue weighted by atomic mass is 16.5. The highest BCUT2D eigenvalue weighted by Gasteiger charge is 2.43. The molecule has 0 radical (unpaired) electrons. The summed E-state index contributed by atoms with van der Waals surface area (Å²) < 4.78 is 5.74. The number of morpholine rings is 1. The van der Waals surface area contributed by atoms with Crippen molar-refractivity contribution in [2.45, 2.75) is 51.2 Å². The zero-order valence-corrected chi connectivity index (χ0v) is 17.7. The van der Waals surface area contributed by atoms with Crippen LogP contribution in [0.5, 0.6) is 0 Å². The van der Waals surface area contributed by atoms with Crippen molar-refractivity contribution in [1.82, 2.24) is 25.5 Å². The summed E-state index contributed by atoms with van der Waals surface area (Å²) in [5, 5.41) is 14.0. The molecule has 5 rings (SSSR count). The normalized spacial score (nSPS) is 28.4. The number of H-pyrrole nitrogens is 1. The van der Waals surface area contributed by atoms with E-state index in [0.29, 0.717) is 25.5 Å². The summed E-state index contributed by atoms with van der Waals surface area (Å²) in [6.45, 7) is 3.42. The Morgan fingerprint density at radius 2 is 1.90 bits per heavy atom. The van der Waals surface area contributed by atoms with Crippen LogP contribution in [-0.2, 0) is 20.7 Å². The Hall–Kier alpha value is -2.81. The smallest absolute Gasteiger partial charge is 0.231 e. The number of carbonyl (C=O) groups excluding carboxylic acids is 2. The lowest BCUT2D eigenvalue weighted by Gasteiger charge is -2.39. The minimum atomic E-state index is -0.389. The van der Waals surface area contributed by atoms with Gasteiger partial charge in [-0.05, 0) is 37.8 Å². The molecule has 1 aromatic carbocycles. The van der Waals surface area contributed by atoms with Crippen LogP contribution in [0.3, 0.4) is 0 Å². The molecule has 2 aromatic rings. The van der Waals surface area contributed by atoms with Gasteiger partial charge in [-0.2, -0.15) is 5.21 Å². The van der Waals surface area contributed by atoms with Crippen molar-refractivity contribution in [3.8, 4) is 0 Å². The quantitative estimate of drug-likeness (QED) is 0.807. The van der Waals surface area contributed by atoms with E-state index in [-0.39, 0.29) is 35.8 Å². The molecule has 0 bridgehead atoms. The molecule has 1 saturated heterocycles. The van der Waals surface area contributed by atoms with Crippen LogP contribution in [0.2, 0.25) is 0 Å². The first-order valence-electron chi connectivity index (χ1n) is 11.2. The zero-order chi connectivity index (χ0) is 21.4. The van der Waals surface area contributed by atoms with Gasteiger partial charge in [-0.25, -0.2) is 0 Å². The average Bonchev–Trinajstić information content (AvgIpc) is 3.46. The second-order valence-electron chi connectivity index (χ2n) is 8.80. The number of fused-ring (bicyclic) bond motifs is 1. The minimum absolute atomic E-state index is 0.0509. The number of hydrogen-bond acceptors (Lipinski definition) is 6. The van der Waals surface area contributed by atoms with Crippen molar-refractivity contribution in [3.63, 3.8) is 0 Å². The molecule has 1 aromatic heterocycles. The fourth-order valence-electron chi connectivity index (χ4n) is 5.35. The van der Waals surface area contributed by atoms with Gasteiger partial charge in [0, 0.05) is 24.2 Å². The van der Waals surface area contributed by atoms with Crippen molar-refractivity contribution >= 4 is 17.5 Å². The van der Waals surface area contributed by atoms with Gasteiger partial charge in [-0.1, -0.05) is 36.3 Å². The number of nitrogens with zero attached hydrogens (tertiary/aromatic N) is 5. The highest BCUT2D eigenvalue weighted by Crippen LogP contribution is 2.39. The maximum Gasteiger partial charge on any atom is 0.231 e. The van der Waals surface area contributed by atoms with Gasteiger partial charge in [0.2, 0.25) is 17.6 Å². The van der Waals surface area contributed by atoms with Gasteiger partial charge in [0.1, 0.15) is 6.10 Å². The van der Waals surface area contributed by atoms with E-state index in [0.717, 1.165) is 37.8 Å². The van der Waals surface area contributed by atoms with Crippen molar-refractivity contribution < 1.29 is 14.3 Å². The Balaban J connectivity index is 1.35. The van der Waals surface area contributed by atoms with Crippen LogP contribution in [-0.4, -0.2) is 63.1 Å². The third kappa shape index (κ3) is 3.71. The van der Waals surface area contributed by atoms with Crippen LogP contribution >= 0.6 is 0 Å². The molecule has 9 heteroatoms. The van der Waals surface area contributed by atoms with Gasteiger partial charge in [0.15, 0.2) is 0 Å². The molecule has 3 heterocycles. The summed E-state index contributed by atoms with van der Waals surface area (Å²) in [6, 6.07) is 8.23. The molecule has 1 saturated carbocycles. The largest absolute Gasteiger partial charge is 0.366 e. The van der Waals surface area contributed by atoms with Crippen molar-refractivity contribution in [1.29, 1.82) is 0 Å². The summed E-state index contributed by atoms with van der Waals surface area (Å²) >= 11 is 0. The van der Waals surface area contributed by atoms with Crippen molar-refractivity contribution in [3.05, 3.63) is 35.7 Å². The number of rotatable bonds is 3. The SMILES string of the molecule is CC1Cc2ccccc2N1C(=O)C1CCCCC1C(=O)N1CCOC(c2nn[nH]n2)C1. The summed E-state index contributed by atoms with van der Waals surface area (Å²) in [6.07, 6.45) is 3.95. The fourth-order valence-corrected chi connectivity index (χ4v) is 5.35. The zero-order valence-electron chi connectivity index (χ0n) is 17.7. The first kappa shape index (κ1) is 20.1. The molecule has 31 heavy (non-hydrogen) atoms. The minimum Gasteiger partial charge on any atom is -0.366 e. The molecule has 9 nitrogen and oxygen atoms in total. The molecule has 0 spiro atoms. The lowest BCUT2D eigenvalue weighted by Crippen LogP contribution is -2.51. The molecule has 4 atom stereocenters. The van der Waals surface area contributed by atoms with Crippen LogP contribution in [0, 0.1) is 11.8 Å². The Bertz CT molecular complexity index is 948. The number of ether oxygens (including phenoxy) is 1. The molecule has 2 fully saturated rings. The Morgan fingerprint density at radius 1 is 1.13 bits per heavy atom. The topological polar surface area (TPSA) is 104 Å². The van der Waals surface area contributed by atoms with Gasteiger partial charge >= 0.3 is 0 Å². The third-order valence-corrected chi connectivity index (χ3v) is 6.87. The molecule has 3 aliphatic rings. The number of para-hydroxylation sites is 1. The van der Waals surface area contributed by atoms with Crippen LogP contribution < -0.4 is 4.90 Å². The number of nitrogens with one attached hydrogen (secondary N) is 1. The summed E-state index contributed by atoms with van der Waals surface area (Å²) in [5.74, 6) is 0.0382. The molecule has 1 aliphatic carbocycles. The number of anilines is 1. The molecule has 4 unspecified atom stereocenters. The molecule has 2 aliphatic heterocycles. The van der Waals surface area contributed by atoms with Gasteiger partial charge in [-0.15, -0.1) is 10.2 Å². The van der Waals surface area contributed by atoms with Crippen molar-refractivity contribution in [2.75, 3.05) is 24.6 Å². The van der Waals surface area contributed by atoms with Gasteiger partial charge < -0.3 is 14.5 Å². The van der Waals surface area contributed by atoms with E-state index in [1.165, 1.54) is 5.56 Å². The number of hydrogen-bond donors (Lipinski definition) is 1. The third-order valence-electron chi connectivity index (χ3n) is 6.87. The first-order valence-corrected chi connectivity index (χ1v) is 11.2. The van der Waals surface area contributed by atoms with E-state index in [2.05, 4.69) is 33.6 Å². The number of tetrazole rings is 1. The molecular weight excluding hydrogens is 396 g/mol. The molecule has 1 N–H and O–H groups in total. The second-order valence-corrected chi connectivity index (χ2v) is 8.80. The van der Waals surface area contributed by atoms with Crippen LogP contribution in [0.25, 0.3) is 0 Å². The van der Waals surface area contributed by atoms with Gasteiger partial charge in [-0.3, -0.25) is 9.59 Å². The molecular formula is C22H28N6O3. The number of aromatic nitrogens is 4. The number of benzene rings is 1. The first-order chi connectivity index (χ1) is 15.1. The Labute approximate surface area is 181 Å². The lowest BCUT2D eigenvalue weighted by molar-refractivity contribution is -0.149. The Morgan fingerprint density at radius 3 is 2.68 bits per heavy atom. The molecule has 2 amide bonds. The van der Waals surface area contributed by atoms with Gasteiger partial charge in [0.05, 0.1) is 19.1 Å². The van der Waals surface area contributed by atoms with E-state index >= 15 is 0 Å². The lowest BCUT2D eigenvalue weighted by atomic mass is 9.77. The number of amides is 2. The number of carbonyl (C=O) groups is 2. The highest BCUT2D eigenvalue weighted by molar-refractivity contribution is 6.00. The average molecular weight is 425 g/mol. The standard InChI is InChI=1S/C22H28N6O3/c1-14-12-15-6-2-5-9-18(15)28(14)22(30)17-8-4-3-7-16(17)21(29)27-10-11-31-19(13-27)20-23-25-26-24-20/h2,5-6,9,14,16-17,19H,3-4,7-8,10-13H2,1H3,(H,23,24,25,26). The maximum absolute atomic E-state index is 13.7. The van der Waals surface area contributed by atoms with E-state index in [1.54, 1.807) is 0 Å². The van der Waals surface area contributed by atoms with Gasteiger partial charge in [0.25, 0.3) is 0 Å². The van der Waals surface area contributed by atoms with E-state index in [1.807, 2.05) is 28.0 Å². The second kappa shape index (κ2) is 8.37. The summed E-state index contributed by atoms with van der Waals surface area (Å²) in [4.78, 5) is 31.0. The van der Waals surface area contributed by atoms with Crippen LogP contribution in [0.1, 0.15) is 50.1 Å². The predicted octanol–water partition coefficient (Wildman–Crippen LogP) is 1.88. The monoisotopic (exact) mass is 424 g/mol. The van der Waals surface area contributed by atoms with Crippen LogP contribution in [0.4, 0.5) is 5.69 Å². The number of aromatic amines is 1. The summed E-state index contributed by atoms with van der Waals surface area (Å²) in [7, 11) is 0. The molecule has 164 valence electrons. The van der Waals surface area contributed by atoms with Crippen LogP contribution in [0.15, 0.2) is 24.3 Å². The van der Waals surface area contributed by atoms with Crippen molar-refractivity contribution in [2.24, 2.45) is 11.8 Å². The predicted molar refractivity (Wildman–Crippen MR) is 112 cm³/mol. The van der Waals surface area contributed by atoms with E-state index in [4.69, 9.17) is 4.74 Å². The van der Waals surface area contributed by atoms with E-state index < -0.39 is 0 Å². The maximum atomic E-state index is 13.7.